The van der Waals surface area contributed by atoms with Crippen molar-refractivity contribution >= 4 is 11.9 Å². The molecule has 1 aromatic carbocycles. The minimum atomic E-state index is -5.21. The lowest BCUT2D eigenvalue weighted by Gasteiger charge is -2.42. The van der Waals surface area contributed by atoms with Crippen LogP contribution < -0.4 is 10.1 Å². The van der Waals surface area contributed by atoms with Gasteiger partial charge < -0.3 is 15.0 Å². The molecule has 2 heterocycles. The fraction of sp³-hybridized carbons (Fsp3) is 0.444. The Morgan fingerprint density at radius 2 is 2.00 bits per heavy atom. The second kappa shape index (κ2) is 7.47. The molecule has 156 valence electrons. The van der Waals surface area contributed by atoms with Gasteiger partial charge in [-0.1, -0.05) is 12.1 Å². The van der Waals surface area contributed by atoms with Gasteiger partial charge in [-0.15, -0.1) is 5.10 Å². The van der Waals surface area contributed by atoms with Gasteiger partial charge in [-0.25, -0.2) is 4.79 Å². The van der Waals surface area contributed by atoms with Crippen molar-refractivity contribution in [2.24, 2.45) is 0 Å². The third-order valence-corrected chi connectivity index (χ3v) is 4.48. The van der Waals surface area contributed by atoms with Crippen molar-refractivity contribution in [3.05, 3.63) is 35.7 Å². The lowest BCUT2D eigenvalue weighted by atomic mass is 10.00. The summed E-state index contributed by atoms with van der Waals surface area (Å²) in [5, 5.41) is 7.22. The number of halogens is 3. The summed E-state index contributed by atoms with van der Waals surface area (Å²) in [6, 6.07) is 5.87. The minimum Gasteiger partial charge on any atom is -0.384 e. The van der Waals surface area contributed by atoms with E-state index in [4.69, 9.17) is 0 Å². The third kappa shape index (κ3) is 4.39. The molecule has 1 aromatic heterocycles. The van der Waals surface area contributed by atoms with Crippen LogP contribution in [0.3, 0.4) is 0 Å². The fourth-order valence-corrected chi connectivity index (χ4v) is 3.00. The van der Waals surface area contributed by atoms with Crippen molar-refractivity contribution in [1.82, 2.24) is 25.0 Å². The normalized spacial score (nSPS) is 16.6. The van der Waals surface area contributed by atoms with Crippen LogP contribution in [0.25, 0.3) is 5.69 Å². The molecular formula is C18H20F3N5O3. The third-order valence-electron chi connectivity index (χ3n) is 4.48. The van der Waals surface area contributed by atoms with Gasteiger partial charge in [0.1, 0.15) is 0 Å². The van der Waals surface area contributed by atoms with E-state index in [0.717, 1.165) is 10.2 Å². The van der Waals surface area contributed by atoms with E-state index in [1.165, 1.54) is 4.90 Å². The Kier molecular flexibility index (Phi) is 5.35. The number of aromatic nitrogens is 3. The van der Waals surface area contributed by atoms with Gasteiger partial charge in [0.15, 0.2) is 0 Å². The summed E-state index contributed by atoms with van der Waals surface area (Å²) in [7, 11) is 0. The number of carbonyl (C=O) groups excluding carboxylic acids is 2. The second-order valence-corrected chi connectivity index (χ2v) is 7.30. The molecule has 1 aliphatic heterocycles. The van der Waals surface area contributed by atoms with Crippen molar-refractivity contribution in [1.29, 1.82) is 0 Å². The van der Waals surface area contributed by atoms with E-state index in [0.29, 0.717) is 25.3 Å². The standard InChI is InChI=1S/C18H20F3N5O3/c1-11-5-4-6-12(9-11)26-16(29-15(28)18(19,20)21)23-13(24-26)14(27)25-8-7-22-10-17(25,2)3/h4-6,9,22H,7-8,10H2,1-3H3. The molecule has 1 saturated heterocycles. The molecule has 1 amide bonds. The molecule has 0 saturated carbocycles. The van der Waals surface area contributed by atoms with Gasteiger partial charge in [0.25, 0.3) is 5.91 Å². The number of ether oxygens (including phenoxy) is 1. The van der Waals surface area contributed by atoms with Gasteiger partial charge in [-0.2, -0.15) is 22.8 Å². The number of nitrogens with one attached hydrogen (secondary N) is 1. The number of esters is 1. The van der Waals surface area contributed by atoms with Crippen LogP contribution in [-0.2, 0) is 4.79 Å². The van der Waals surface area contributed by atoms with Crippen molar-refractivity contribution in [2.45, 2.75) is 32.5 Å². The monoisotopic (exact) mass is 411 g/mol. The average Bonchev–Trinajstić information content (AvgIpc) is 3.04. The molecule has 0 aliphatic carbocycles. The summed E-state index contributed by atoms with van der Waals surface area (Å²) >= 11 is 0. The Hall–Kier alpha value is -2.95. The maximum Gasteiger partial charge on any atom is 0.491 e. The number of hydrogen-bond donors (Lipinski definition) is 1. The van der Waals surface area contributed by atoms with Crippen LogP contribution >= 0.6 is 0 Å². The highest BCUT2D eigenvalue weighted by molar-refractivity contribution is 5.91. The molecule has 0 spiro atoms. The van der Waals surface area contributed by atoms with Gasteiger partial charge in [0.2, 0.25) is 5.82 Å². The summed E-state index contributed by atoms with van der Waals surface area (Å²) in [5.41, 5.74) is 0.552. The van der Waals surface area contributed by atoms with Crippen LogP contribution in [0.2, 0.25) is 0 Å². The molecule has 29 heavy (non-hydrogen) atoms. The number of alkyl halides is 3. The molecule has 8 nitrogen and oxygen atoms in total. The zero-order chi connectivity index (χ0) is 21.4. The van der Waals surface area contributed by atoms with E-state index < -0.39 is 29.6 Å². The highest BCUT2D eigenvalue weighted by atomic mass is 19.4. The number of carbonyl (C=O) groups is 2. The van der Waals surface area contributed by atoms with E-state index in [1.54, 1.807) is 31.2 Å². The van der Waals surface area contributed by atoms with E-state index in [9.17, 15) is 22.8 Å². The minimum absolute atomic E-state index is 0.307. The molecule has 1 N–H and O–H groups in total. The summed E-state index contributed by atoms with van der Waals surface area (Å²) < 4.78 is 43.4. The van der Waals surface area contributed by atoms with Crippen LogP contribution in [0.4, 0.5) is 13.2 Å². The highest BCUT2D eigenvalue weighted by Crippen LogP contribution is 2.24. The lowest BCUT2D eigenvalue weighted by Crippen LogP contribution is -2.60. The van der Waals surface area contributed by atoms with Gasteiger partial charge >= 0.3 is 18.2 Å². The van der Waals surface area contributed by atoms with Crippen molar-refractivity contribution in [3.8, 4) is 11.7 Å². The predicted octanol–water partition coefficient (Wildman–Crippen LogP) is 1.87. The fourth-order valence-electron chi connectivity index (χ4n) is 3.00. The van der Waals surface area contributed by atoms with E-state index in [2.05, 4.69) is 20.1 Å². The van der Waals surface area contributed by atoms with Crippen LogP contribution in [0.15, 0.2) is 24.3 Å². The zero-order valence-electron chi connectivity index (χ0n) is 16.1. The SMILES string of the molecule is Cc1cccc(-n2nc(C(=O)N3CCNCC3(C)C)nc2OC(=O)C(F)(F)F)c1. The van der Waals surface area contributed by atoms with E-state index in [-0.39, 0.29) is 5.82 Å². The van der Waals surface area contributed by atoms with Crippen molar-refractivity contribution < 1.29 is 27.5 Å². The first-order valence-electron chi connectivity index (χ1n) is 8.85. The number of nitrogens with zero attached hydrogens (tertiary/aromatic N) is 4. The number of rotatable bonds is 3. The topological polar surface area (TPSA) is 89.3 Å². The largest absolute Gasteiger partial charge is 0.491 e. The van der Waals surface area contributed by atoms with Crippen molar-refractivity contribution in [2.75, 3.05) is 19.6 Å². The second-order valence-electron chi connectivity index (χ2n) is 7.30. The van der Waals surface area contributed by atoms with Crippen LogP contribution in [-0.4, -0.2) is 62.9 Å². The Morgan fingerprint density at radius 1 is 1.28 bits per heavy atom. The maximum absolute atomic E-state index is 13.0. The molecule has 0 unspecified atom stereocenters. The zero-order valence-corrected chi connectivity index (χ0v) is 16.1. The van der Waals surface area contributed by atoms with E-state index in [1.807, 2.05) is 13.8 Å². The summed E-state index contributed by atoms with van der Waals surface area (Å²) in [4.78, 5) is 29.6. The number of benzene rings is 1. The van der Waals surface area contributed by atoms with Gasteiger partial charge in [0.05, 0.1) is 11.2 Å². The first kappa shape index (κ1) is 20.8. The molecule has 1 fully saturated rings. The predicted molar refractivity (Wildman–Crippen MR) is 95.8 cm³/mol. The summed E-state index contributed by atoms with van der Waals surface area (Å²) in [5.74, 6) is -3.36. The first-order valence-corrected chi connectivity index (χ1v) is 8.85. The van der Waals surface area contributed by atoms with Gasteiger partial charge in [-0.3, -0.25) is 4.79 Å². The lowest BCUT2D eigenvalue weighted by molar-refractivity contribution is -0.190. The van der Waals surface area contributed by atoms with Crippen LogP contribution in [0, 0.1) is 6.92 Å². The quantitative estimate of drug-likeness (QED) is 0.776. The summed E-state index contributed by atoms with van der Waals surface area (Å²) in [6.07, 6.45) is -5.21. The molecule has 1 aliphatic rings. The van der Waals surface area contributed by atoms with E-state index >= 15 is 0 Å². The van der Waals surface area contributed by atoms with Gasteiger partial charge in [0, 0.05) is 19.6 Å². The summed E-state index contributed by atoms with van der Waals surface area (Å²) in [6.45, 7) is 6.94. The average molecular weight is 411 g/mol. The Labute approximate surface area is 164 Å². The maximum atomic E-state index is 13.0. The number of piperazine rings is 1. The molecule has 11 heteroatoms. The molecule has 0 atom stereocenters. The number of aryl methyl sites for hydroxylation is 1. The molecule has 0 bridgehead atoms. The molecular weight excluding hydrogens is 391 g/mol. The Bertz CT molecular complexity index is 939. The molecule has 3 rings (SSSR count). The molecule has 2 aromatic rings. The Morgan fingerprint density at radius 3 is 2.62 bits per heavy atom. The first-order chi connectivity index (χ1) is 13.5. The van der Waals surface area contributed by atoms with Crippen LogP contribution in [0.5, 0.6) is 6.01 Å². The van der Waals surface area contributed by atoms with Crippen molar-refractivity contribution in [3.63, 3.8) is 0 Å². The smallest absolute Gasteiger partial charge is 0.384 e. The highest BCUT2D eigenvalue weighted by Gasteiger charge is 2.43. The van der Waals surface area contributed by atoms with Gasteiger partial charge in [-0.05, 0) is 38.5 Å². The number of hydrogen-bond acceptors (Lipinski definition) is 6. The van der Waals surface area contributed by atoms with Crippen LogP contribution in [0.1, 0.15) is 30.0 Å². The molecule has 0 radical (unpaired) electrons. The number of amides is 1. The Balaban J connectivity index is 2.02.